The summed E-state index contributed by atoms with van der Waals surface area (Å²) in [6, 6.07) is 14.6. The van der Waals surface area contributed by atoms with Gasteiger partial charge in [-0.1, -0.05) is 36.4 Å². The van der Waals surface area contributed by atoms with Gasteiger partial charge in [0.1, 0.15) is 0 Å². The van der Waals surface area contributed by atoms with Crippen LogP contribution in [-0.2, 0) is 11.2 Å². The molecule has 0 radical (unpaired) electrons. The number of carbonyl (C=O) groups is 1. The van der Waals surface area contributed by atoms with Gasteiger partial charge >= 0.3 is 0 Å². The van der Waals surface area contributed by atoms with E-state index in [1.165, 1.54) is 10.4 Å². The third-order valence-corrected chi connectivity index (χ3v) is 5.14. The Balaban J connectivity index is 0.00000192. The van der Waals surface area contributed by atoms with Crippen LogP contribution in [0, 0.1) is 5.92 Å². The summed E-state index contributed by atoms with van der Waals surface area (Å²) >= 11 is 1.71. The largest absolute Gasteiger partial charge is 0.348 e. The molecule has 124 valence electrons. The van der Waals surface area contributed by atoms with Gasteiger partial charge in [-0.15, -0.1) is 23.7 Å². The molecule has 2 aromatic rings. The van der Waals surface area contributed by atoms with Crippen molar-refractivity contribution in [2.75, 3.05) is 13.1 Å². The van der Waals surface area contributed by atoms with Crippen LogP contribution in [0.5, 0.6) is 0 Å². The number of piperidine rings is 1. The molecule has 1 saturated heterocycles. The fourth-order valence-electron chi connectivity index (χ4n) is 2.93. The average Bonchev–Trinajstić information content (AvgIpc) is 3.10. The number of rotatable bonds is 5. The van der Waals surface area contributed by atoms with Gasteiger partial charge in [0.15, 0.2) is 0 Å². The molecule has 1 aromatic carbocycles. The highest BCUT2D eigenvalue weighted by molar-refractivity contribution is 7.10. The Morgan fingerprint density at radius 2 is 2.09 bits per heavy atom. The molecule has 2 unspecified atom stereocenters. The number of nitrogens with one attached hydrogen (secondary N) is 2. The van der Waals surface area contributed by atoms with Crippen molar-refractivity contribution in [3.05, 3.63) is 58.3 Å². The normalized spacial score (nSPS) is 18.7. The summed E-state index contributed by atoms with van der Waals surface area (Å²) in [6.45, 7) is 1.83. The molecule has 0 spiro atoms. The zero-order valence-corrected chi connectivity index (χ0v) is 14.7. The Morgan fingerprint density at radius 3 is 2.74 bits per heavy atom. The Bertz CT molecular complexity index is 582. The third kappa shape index (κ3) is 5.06. The van der Waals surface area contributed by atoms with Crippen molar-refractivity contribution in [2.24, 2.45) is 5.92 Å². The Kier molecular flexibility index (Phi) is 7.09. The van der Waals surface area contributed by atoms with Crippen LogP contribution in [0.4, 0.5) is 0 Å². The average molecular weight is 351 g/mol. The van der Waals surface area contributed by atoms with Gasteiger partial charge in [-0.25, -0.2) is 0 Å². The minimum absolute atomic E-state index is 0. The van der Waals surface area contributed by atoms with E-state index in [0.717, 1.165) is 32.4 Å². The number of hydrogen-bond donors (Lipinski definition) is 2. The van der Waals surface area contributed by atoms with Crippen molar-refractivity contribution in [2.45, 2.75) is 25.3 Å². The fourth-order valence-corrected chi connectivity index (χ4v) is 3.71. The predicted molar refractivity (Wildman–Crippen MR) is 98.2 cm³/mol. The van der Waals surface area contributed by atoms with E-state index in [4.69, 9.17) is 0 Å². The van der Waals surface area contributed by atoms with Crippen molar-refractivity contribution >= 4 is 29.7 Å². The molecule has 3 rings (SSSR count). The zero-order chi connectivity index (χ0) is 15.2. The monoisotopic (exact) mass is 350 g/mol. The van der Waals surface area contributed by atoms with E-state index in [9.17, 15) is 4.79 Å². The first-order chi connectivity index (χ1) is 10.8. The van der Waals surface area contributed by atoms with Gasteiger partial charge in [0, 0.05) is 11.4 Å². The molecule has 0 aliphatic carbocycles. The number of halogens is 1. The fraction of sp³-hybridized carbons (Fsp3) is 0.389. The molecule has 23 heavy (non-hydrogen) atoms. The lowest BCUT2D eigenvalue weighted by Gasteiger charge is -2.25. The maximum absolute atomic E-state index is 12.5. The van der Waals surface area contributed by atoms with Crippen LogP contribution >= 0.6 is 23.7 Å². The van der Waals surface area contributed by atoms with E-state index < -0.39 is 0 Å². The molecule has 1 amide bonds. The number of hydrogen-bond acceptors (Lipinski definition) is 3. The van der Waals surface area contributed by atoms with Crippen LogP contribution in [0.25, 0.3) is 0 Å². The Hall–Kier alpha value is -1.36. The lowest BCUT2D eigenvalue weighted by atomic mass is 9.97. The second kappa shape index (κ2) is 9.06. The smallest absolute Gasteiger partial charge is 0.224 e. The van der Waals surface area contributed by atoms with Gasteiger partial charge in [-0.3, -0.25) is 4.79 Å². The van der Waals surface area contributed by atoms with Crippen molar-refractivity contribution in [3.8, 4) is 0 Å². The molecule has 0 saturated carbocycles. The summed E-state index contributed by atoms with van der Waals surface area (Å²) in [7, 11) is 0. The van der Waals surface area contributed by atoms with Crippen molar-refractivity contribution in [3.63, 3.8) is 0 Å². The first-order valence-electron chi connectivity index (χ1n) is 7.91. The highest BCUT2D eigenvalue weighted by atomic mass is 35.5. The molecular formula is C18H23ClN2OS. The number of amides is 1. The molecule has 5 heteroatoms. The van der Waals surface area contributed by atoms with E-state index in [1.807, 2.05) is 24.3 Å². The summed E-state index contributed by atoms with van der Waals surface area (Å²) in [4.78, 5) is 13.8. The second-order valence-electron chi connectivity index (χ2n) is 5.81. The number of benzene rings is 1. The molecule has 1 aliphatic heterocycles. The number of thiophene rings is 1. The van der Waals surface area contributed by atoms with Crippen molar-refractivity contribution in [1.29, 1.82) is 0 Å². The molecule has 2 atom stereocenters. The lowest BCUT2D eigenvalue weighted by Crippen LogP contribution is -2.42. The van der Waals surface area contributed by atoms with Gasteiger partial charge in [0.25, 0.3) is 0 Å². The van der Waals surface area contributed by atoms with E-state index >= 15 is 0 Å². The quantitative estimate of drug-likeness (QED) is 0.865. The van der Waals surface area contributed by atoms with Crippen LogP contribution in [0.3, 0.4) is 0 Å². The minimum atomic E-state index is 0. The summed E-state index contributed by atoms with van der Waals surface area (Å²) in [5, 5.41) is 8.66. The molecule has 3 nitrogen and oxygen atoms in total. The predicted octanol–water partition coefficient (Wildman–Crippen LogP) is 3.57. The molecule has 1 aromatic heterocycles. The maximum Gasteiger partial charge on any atom is 0.224 e. The van der Waals surface area contributed by atoms with E-state index in [-0.39, 0.29) is 30.3 Å². The summed E-state index contributed by atoms with van der Waals surface area (Å²) < 4.78 is 0. The van der Waals surface area contributed by atoms with Gasteiger partial charge in [0.2, 0.25) is 5.91 Å². The topological polar surface area (TPSA) is 41.1 Å². The van der Waals surface area contributed by atoms with E-state index in [0.29, 0.717) is 0 Å². The van der Waals surface area contributed by atoms with Gasteiger partial charge in [-0.2, -0.15) is 0 Å². The minimum Gasteiger partial charge on any atom is -0.348 e. The Labute approximate surface area is 147 Å². The molecule has 2 N–H and O–H groups in total. The van der Waals surface area contributed by atoms with Gasteiger partial charge in [-0.05, 0) is 42.8 Å². The highest BCUT2D eigenvalue weighted by Crippen LogP contribution is 2.24. The van der Waals surface area contributed by atoms with Gasteiger partial charge < -0.3 is 10.6 Å². The SMILES string of the molecule is Cl.O=C(NC(Cc1ccccc1)c1cccs1)C1CCCNC1. The molecule has 0 bridgehead atoms. The molecule has 2 heterocycles. The molecular weight excluding hydrogens is 328 g/mol. The zero-order valence-electron chi connectivity index (χ0n) is 13.0. The van der Waals surface area contributed by atoms with Crippen molar-refractivity contribution in [1.82, 2.24) is 10.6 Å². The summed E-state index contributed by atoms with van der Waals surface area (Å²) in [5.41, 5.74) is 1.25. The number of carbonyl (C=O) groups excluding carboxylic acids is 1. The van der Waals surface area contributed by atoms with Crippen LogP contribution in [0.2, 0.25) is 0 Å². The molecule has 1 fully saturated rings. The van der Waals surface area contributed by atoms with E-state index in [2.05, 4.69) is 34.2 Å². The van der Waals surface area contributed by atoms with E-state index in [1.54, 1.807) is 11.3 Å². The standard InChI is InChI=1S/C18H22N2OS.ClH/c21-18(15-8-4-10-19-13-15)20-16(17-9-5-11-22-17)12-14-6-2-1-3-7-14;/h1-3,5-7,9,11,15-16,19H,4,8,10,12-13H2,(H,20,21);1H. The van der Waals surface area contributed by atoms with Crippen molar-refractivity contribution < 1.29 is 4.79 Å². The lowest BCUT2D eigenvalue weighted by molar-refractivity contribution is -0.126. The van der Waals surface area contributed by atoms with Crippen LogP contribution in [-0.4, -0.2) is 19.0 Å². The van der Waals surface area contributed by atoms with Crippen LogP contribution < -0.4 is 10.6 Å². The van der Waals surface area contributed by atoms with Crippen LogP contribution in [0.15, 0.2) is 47.8 Å². The third-order valence-electron chi connectivity index (χ3n) is 4.15. The summed E-state index contributed by atoms with van der Waals surface area (Å²) in [5.74, 6) is 0.286. The van der Waals surface area contributed by atoms with Crippen LogP contribution in [0.1, 0.15) is 29.3 Å². The Morgan fingerprint density at radius 1 is 1.26 bits per heavy atom. The van der Waals surface area contributed by atoms with Gasteiger partial charge in [0.05, 0.1) is 12.0 Å². The first-order valence-corrected chi connectivity index (χ1v) is 8.79. The second-order valence-corrected chi connectivity index (χ2v) is 6.79. The maximum atomic E-state index is 12.5. The molecule has 1 aliphatic rings. The highest BCUT2D eigenvalue weighted by Gasteiger charge is 2.24. The summed E-state index contributed by atoms with van der Waals surface area (Å²) in [6.07, 6.45) is 2.91. The first kappa shape index (κ1) is 18.0.